The van der Waals surface area contributed by atoms with Crippen LogP contribution in [0, 0.1) is 5.82 Å². The predicted molar refractivity (Wildman–Crippen MR) is 120 cm³/mol. The van der Waals surface area contributed by atoms with Crippen molar-refractivity contribution in [3.05, 3.63) is 60.3 Å². The Balaban J connectivity index is 1.05. The smallest absolute Gasteiger partial charge is 0.318 e. The molecule has 0 N–H and O–H groups in total. The Morgan fingerprint density at radius 2 is 1.97 bits per heavy atom. The number of likely N-dealkylation sites (tertiary alicyclic amines) is 1. The van der Waals surface area contributed by atoms with Crippen molar-refractivity contribution < 1.29 is 18.3 Å². The average molecular weight is 467 g/mol. The number of aromatic nitrogens is 4. The summed E-state index contributed by atoms with van der Waals surface area (Å²) in [6.07, 6.45) is 7.66. The highest BCUT2D eigenvalue weighted by atomic mass is 19.1. The summed E-state index contributed by atoms with van der Waals surface area (Å²) in [6.45, 7) is 4.50. The maximum Gasteiger partial charge on any atom is 0.318 e. The molecule has 3 aliphatic heterocycles. The third kappa shape index (κ3) is 4.23. The molecule has 2 aromatic heterocycles. The van der Waals surface area contributed by atoms with Crippen LogP contribution in [0.25, 0.3) is 0 Å². The molecule has 3 aliphatic rings. The second-order valence-corrected chi connectivity index (χ2v) is 9.38. The van der Waals surface area contributed by atoms with Crippen LogP contribution in [-0.4, -0.2) is 69.5 Å². The second-order valence-electron chi connectivity index (χ2n) is 9.38. The maximum atomic E-state index is 14.1. The minimum atomic E-state index is -0.234. The van der Waals surface area contributed by atoms with Gasteiger partial charge in [-0.2, -0.15) is 0 Å². The summed E-state index contributed by atoms with van der Waals surface area (Å²) in [5.74, 6) is 1.34. The van der Waals surface area contributed by atoms with Crippen molar-refractivity contribution in [2.24, 2.45) is 0 Å². The Bertz CT molecular complexity index is 1100. The highest BCUT2D eigenvalue weighted by molar-refractivity contribution is 5.37. The van der Waals surface area contributed by atoms with E-state index in [0.717, 1.165) is 57.6 Å². The number of anilines is 1. The zero-order chi connectivity index (χ0) is 23.0. The third-order valence-corrected chi connectivity index (χ3v) is 7.20. The van der Waals surface area contributed by atoms with Gasteiger partial charge in [0.05, 0.1) is 19.7 Å². The van der Waals surface area contributed by atoms with Crippen LogP contribution in [0.2, 0.25) is 0 Å². The molecule has 3 aromatic rings. The summed E-state index contributed by atoms with van der Waals surface area (Å²) in [6, 6.07) is 7.53. The van der Waals surface area contributed by atoms with Crippen LogP contribution in [0.5, 0.6) is 5.75 Å². The second kappa shape index (κ2) is 8.92. The van der Waals surface area contributed by atoms with E-state index in [2.05, 4.69) is 30.0 Å². The molecular formula is C24H27FN6O3. The van der Waals surface area contributed by atoms with Crippen molar-refractivity contribution in [3.8, 4) is 5.75 Å². The van der Waals surface area contributed by atoms with Gasteiger partial charge in [0.1, 0.15) is 23.8 Å². The first kappa shape index (κ1) is 21.4. The molecule has 10 heteroatoms. The Hall–Kier alpha value is -3.11. The van der Waals surface area contributed by atoms with Gasteiger partial charge < -0.3 is 18.8 Å². The molecule has 9 nitrogen and oxygen atoms in total. The van der Waals surface area contributed by atoms with E-state index in [4.69, 9.17) is 13.9 Å². The van der Waals surface area contributed by atoms with Gasteiger partial charge in [-0.15, -0.1) is 5.10 Å². The summed E-state index contributed by atoms with van der Waals surface area (Å²) in [4.78, 5) is 13.0. The number of rotatable bonds is 6. The molecule has 1 unspecified atom stereocenters. The van der Waals surface area contributed by atoms with Gasteiger partial charge in [0.25, 0.3) is 0 Å². The first-order valence-electron chi connectivity index (χ1n) is 11.7. The Morgan fingerprint density at radius 1 is 1.15 bits per heavy atom. The van der Waals surface area contributed by atoms with Crippen LogP contribution < -0.4 is 9.64 Å². The van der Waals surface area contributed by atoms with Gasteiger partial charge in [-0.3, -0.25) is 4.90 Å². The molecule has 1 atom stereocenters. The molecule has 0 radical (unpaired) electrons. The summed E-state index contributed by atoms with van der Waals surface area (Å²) in [7, 11) is 0. The van der Waals surface area contributed by atoms with Crippen molar-refractivity contribution in [2.75, 3.05) is 37.7 Å². The minimum Gasteiger partial charge on any atom is -0.485 e. The molecule has 0 saturated carbocycles. The van der Waals surface area contributed by atoms with E-state index >= 15 is 0 Å². The lowest BCUT2D eigenvalue weighted by Gasteiger charge is -2.46. The molecule has 34 heavy (non-hydrogen) atoms. The van der Waals surface area contributed by atoms with E-state index in [1.807, 2.05) is 0 Å². The average Bonchev–Trinajstić information content (AvgIpc) is 3.54. The fourth-order valence-electron chi connectivity index (χ4n) is 5.46. The fraction of sp³-hybridized carbons (Fsp3) is 0.500. The quantitative estimate of drug-likeness (QED) is 0.544. The van der Waals surface area contributed by atoms with Gasteiger partial charge in [-0.05, 0) is 62.5 Å². The first-order chi connectivity index (χ1) is 16.7. The van der Waals surface area contributed by atoms with E-state index in [1.165, 1.54) is 12.5 Å². The molecule has 1 spiro atoms. The number of hydrogen-bond donors (Lipinski definition) is 0. The summed E-state index contributed by atoms with van der Waals surface area (Å²) >= 11 is 0. The Labute approximate surface area is 196 Å². The lowest BCUT2D eigenvalue weighted by atomic mass is 9.86. The van der Waals surface area contributed by atoms with Gasteiger partial charge in [-0.1, -0.05) is 5.10 Å². The highest BCUT2D eigenvalue weighted by Gasteiger charge is 2.52. The topological polar surface area (TPSA) is 89.6 Å². The Kier molecular flexibility index (Phi) is 5.62. The maximum absolute atomic E-state index is 14.1. The normalized spacial score (nSPS) is 22.7. The van der Waals surface area contributed by atoms with Crippen molar-refractivity contribution >= 4 is 6.01 Å². The van der Waals surface area contributed by atoms with E-state index in [1.54, 1.807) is 30.6 Å². The fourth-order valence-corrected chi connectivity index (χ4v) is 5.46. The minimum absolute atomic E-state index is 0.112. The zero-order valence-electron chi connectivity index (χ0n) is 18.8. The Morgan fingerprint density at radius 3 is 2.74 bits per heavy atom. The molecule has 0 amide bonds. The summed E-state index contributed by atoms with van der Waals surface area (Å²) < 4.78 is 31.7. The zero-order valence-corrected chi connectivity index (χ0v) is 18.8. The molecular weight excluding hydrogens is 439 g/mol. The van der Waals surface area contributed by atoms with Crippen LogP contribution >= 0.6 is 0 Å². The predicted octanol–water partition coefficient (Wildman–Crippen LogP) is 2.81. The number of benzene rings is 1. The monoisotopic (exact) mass is 466 g/mol. The van der Waals surface area contributed by atoms with Crippen LogP contribution in [-0.2, 0) is 11.3 Å². The highest BCUT2D eigenvalue weighted by Crippen LogP contribution is 2.41. The number of nitrogens with zero attached hydrogens (tertiary/aromatic N) is 6. The molecule has 178 valence electrons. The van der Waals surface area contributed by atoms with Crippen LogP contribution in [0.4, 0.5) is 10.4 Å². The van der Waals surface area contributed by atoms with Crippen LogP contribution in [0.3, 0.4) is 0 Å². The summed E-state index contributed by atoms with van der Waals surface area (Å²) in [5, 5.41) is 7.73. The lowest BCUT2D eigenvalue weighted by Crippen LogP contribution is -2.62. The van der Waals surface area contributed by atoms with Crippen molar-refractivity contribution in [2.45, 2.75) is 43.4 Å². The molecule has 0 bridgehead atoms. The molecule has 6 rings (SSSR count). The number of hydrogen-bond acceptors (Lipinski definition) is 9. The molecule has 3 saturated heterocycles. The molecule has 5 heterocycles. The largest absolute Gasteiger partial charge is 0.485 e. The first-order valence-corrected chi connectivity index (χ1v) is 11.7. The standard InChI is InChI=1S/C24H27FN6O3/c25-18-2-3-21(32-13-22-26-6-1-7-27-22)20(10-18)17-4-8-30(9-5-17)19-11-24(34-12-19)14-31(15-24)23-29-28-16-33-23/h1-3,6-7,10,16-17,19H,4-5,8-9,11-15H2. The number of piperidine rings is 1. The molecule has 3 fully saturated rings. The SMILES string of the molecule is Fc1ccc(OCc2ncccn2)c(C2CCN(C3COC4(C3)CN(c3nnco3)C4)CC2)c1. The third-order valence-electron chi connectivity index (χ3n) is 7.20. The van der Waals surface area contributed by atoms with Gasteiger partial charge in [-0.25, -0.2) is 14.4 Å². The molecule has 0 aliphatic carbocycles. The number of ether oxygens (including phenoxy) is 2. The van der Waals surface area contributed by atoms with Gasteiger partial charge in [0.2, 0.25) is 6.39 Å². The van der Waals surface area contributed by atoms with E-state index in [-0.39, 0.29) is 23.9 Å². The number of halogens is 1. The van der Waals surface area contributed by atoms with E-state index in [0.29, 0.717) is 23.6 Å². The van der Waals surface area contributed by atoms with Crippen LogP contribution in [0.1, 0.15) is 36.6 Å². The van der Waals surface area contributed by atoms with E-state index in [9.17, 15) is 4.39 Å². The van der Waals surface area contributed by atoms with E-state index < -0.39 is 0 Å². The van der Waals surface area contributed by atoms with Crippen LogP contribution in [0.15, 0.2) is 47.5 Å². The summed E-state index contributed by atoms with van der Waals surface area (Å²) in [5.41, 5.74) is 0.822. The van der Waals surface area contributed by atoms with Crippen molar-refractivity contribution in [1.29, 1.82) is 0 Å². The van der Waals surface area contributed by atoms with Gasteiger partial charge >= 0.3 is 6.01 Å². The van der Waals surface area contributed by atoms with Gasteiger partial charge in [0.15, 0.2) is 5.82 Å². The van der Waals surface area contributed by atoms with Gasteiger partial charge in [0, 0.05) is 24.0 Å². The molecule has 1 aromatic carbocycles. The van der Waals surface area contributed by atoms with Crippen molar-refractivity contribution in [3.63, 3.8) is 0 Å². The lowest BCUT2D eigenvalue weighted by molar-refractivity contribution is -0.0216. The van der Waals surface area contributed by atoms with Crippen molar-refractivity contribution in [1.82, 2.24) is 25.1 Å².